The summed E-state index contributed by atoms with van der Waals surface area (Å²) in [5, 5.41) is 58.3. The lowest BCUT2D eigenvalue weighted by molar-refractivity contribution is -0.277. The van der Waals surface area contributed by atoms with Crippen molar-refractivity contribution in [3.63, 3.8) is 0 Å². The maximum absolute atomic E-state index is 11.7. The fourth-order valence-corrected chi connectivity index (χ4v) is 3.18. The first-order valence-electron chi connectivity index (χ1n) is 9.28. The van der Waals surface area contributed by atoms with Gasteiger partial charge in [-0.05, 0) is 12.1 Å². The molecule has 1 heterocycles. The zero-order chi connectivity index (χ0) is 23.5. The van der Waals surface area contributed by atoms with E-state index in [9.17, 15) is 45.0 Å². The Labute approximate surface area is 176 Å². The quantitative estimate of drug-likeness (QED) is 0.261. The second kappa shape index (κ2) is 10.0. The Morgan fingerprint density at radius 2 is 1.77 bits per heavy atom. The molecule has 12 heteroatoms. The van der Waals surface area contributed by atoms with Gasteiger partial charge in [-0.15, -0.1) is 0 Å². The molecule has 1 aliphatic heterocycles. The van der Waals surface area contributed by atoms with Crippen LogP contribution in [-0.2, 0) is 20.7 Å². The minimum absolute atomic E-state index is 0.0903. The summed E-state index contributed by atoms with van der Waals surface area (Å²) in [5.74, 6) is -3.50. The van der Waals surface area contributed by atoms with Crippen molar-refractivity contribution in [3.05, 3.63) is 29.3 Å². The fraction of sp³-hybridized carbons (Fsp3) is 0.526. The maximum Gasteiger partial charge on any atom is 0.336 e. The number of hydrogen-bond acceptors (Lipinski definition) is 9. The Balaban J connectivity index is 2.44. The van der Waals surface area contributed by atoms with Gasteiger partial charge in [-0.2, -0.15) is 0 Å². The van der Waals surface area contributed by atoms with Crippen molar-refractivity contribution in [3.8, 4) is 5.75 Å². The molecule has 0 spiro atoms. The third-order valence-electron chi connectivity index (χ3n) is 5.10. The first kappa shape index (κ1) is 24.5. The van der Waals surface area contributed by atoms with Crippen LogP contribution in [0.4, 0.5) is 0 Å². The zero-order valence-electron chi connectivity index (χ0n) is 16.8. The van der Waals surface area contributed by atoms with Gasteiger partial charge < -0.3 is 45.0 Å². The molecule has 172 valence electrons. The first-order chi connectivity index (χ1) is 14.5. The highest BCUT2D eigenvalue weighted by Gasteiger charge is 2.45. The van der Waals surface area contributed by atoms with Gasteiger partial charge in [-0.1, -0.05) is 6.07 Å². The third kappa shape index (κ3) is 5.29. The van der Waals surface area contributed by atoms with Crippen molar-refractivity contribution in [2.24, 2.45) is 0 Å². The van der Waals surface area contributed by atoms with Gasteiger partial charge in [0.05, 0.1) is 12.2 Å². The largest absolute Gasteiger partial charge is 0.480 e. The second-order valence-corrected chi connectivity index (χ2v) is 7.09. The van der Waals surface area contributed by atoms with E-state index < -0.39 is 67.6 Å². The number of amides is 1. The number of carboxylic acid groups (broad SMARTS) is 2. The van der Waals surface area contributed by atoms with Gasteiger partial charge in [0.15, 0.2) is 0 Å². The molecule has 1 aromatic rings. The summed E-state index contributed by atoms with van der Waals surface area (Å²) in [5.41, 5.74) is -0.391. The molecule has 2 rings (SSSR count). The molecule has 0 saturated carbocycles. The average molecular weight is 443 g/mol. The highest BCUT2D eigenvalue weighted by atomic mass is 16.7. The normalized spacial score (nSPS) is 26.7. The number of likely N-dealkylation sites (N-methyl/N-ethyl adjacent to an activating group) is 1. The lowest BCUT2D eigenvalue weighted by Crippen LogP contribution is -2.60. The average Bonchev–Trinajstić information content (AvgIpc) is 2.71. The molecule has 0 bridgehead atoms. The third-order valence-corrected chi connectivity index (χ3v) is 5.10. The van der Waals surface area contributed by atoms with E-state index in [4.69, 9.17) is 9.47 Å². The van der Waals surface area contributed by atoms with Crippen LogP contribution >= 0.6 is 0 Å². The van der Waals surface area contributed by atoms with Gasteiger partial charge in [0, 0.05) is 26.0 Å². The number of benzene rings is 1. The standard InChI is InChI=1S/C19H25NO11/c1-8(22)20(2)11(18(28)29)6-10-9(17(26)27)4-3-5-12(10)30-19-16(25)15(24)14(23)13(7-21)31-19/h3-5,11,13-16,19,21,23-25H,6-7H2,1-2H3,(H,26,27)(H,28,29)/t11-,13+,14+,15-,16-,19-/m0/s1. The molecular formula is C19H25NO11. The predicted octanol–water partition coefficient (Wildman–Crippen LogP) is -1.96. The summed E-state index contributed by atoms with van der Waals surface area (Å²) in [7, 11) is 1.25. The van der Waals surface area contributed by atoms with Crippen LogP contribution in [0.15, 0.2) is 18.2 Å². The van der Waals surface area contributed by atoms with Gasteiger partial charge in [0.25, 0.3) is 0 Å². The molecule has 1 saturated heterocycles. The number of nitrogens with zero attached hydrogens (tertiary/aromatic N) is 1. The SMILES string of the molecule is CC(=O)N(C)[C@@H](Cc1c(O[C@H]2O[C@H](CO)[C@@H](O)[C@H](O)[C@@H]2O)cccc1C(=O)O)C(=O)O. The highest BCUT2D eigenvalue weighted by molar-refractivity contribution is 5.91. The smallest absolute Gasteiger partial charge is 0.336 e. The van der Waals surface area contributed by atoms with E-state index >= 15 is 0 Å². The number of carbonyl (C=O) groups is 3. The van der Waals surface area contributed by atoms with Crippen molar-refractivity contribution < 1.29 is 54.5 Å². The molecule has 12 nitrogen and oxygen atoms in total. The lowest BCUT2D eigenvalue weighted by Gasteiger charge is -2.39. The summed E-state index contributed by atoms with van der Waals surface area (Å²) in [4.78, 5) is 36.0. The van der Waals surface area contributed by atoms with E-state index in [0.717, 1.165) is 11.8 Å². The number of hydrogen-bond donors (Lipinski definition) is 6. The van der Waals surface area contributed by atoms with E-state index in [2.05, 4.69) is 0 Å². The maximum atomic E-state index is 11.7. The van der Waals surface area contributed by atoms with Crippen LogP contribution in [0, 0.1) is 0 Å². The number of aromatic carboxylic acids is 1. The number of carboxylic acids is 2. The summed E-state index contributed by atoms with van der Waals surface area (Å²) in [6, 6.07) is 2.41. The van der Waals surface area contributed by atoms with Crippen LogP contribution in [0.2, 0.25) is 0 Å². The topological polar surface area (TPSA) is 194 Å². The predicted molar refractivity (Wildman–Crippen MR) is 101 cm³/mol. The summed E-state index contributed by atoms with van der Waals surface area (Å²) >= 11 is 0. The number of aliphatic hydroxyl groups is 4. The highest BCUT2D eigenvalue weighted by Crippen LogP contribution is 2.30. The molecule has 1 amide bonds. The Kier molecular flexibility index (Phi) is 7.92. The van der Waals surface area contributed by atoms with Gasteiger partial charge in [0.1, 0.15) is 36.2 Å². The van der Waals surface area contributed by atoms with Gasteiger partial charge in [-0.3, -0.25) is 4.79 Å². The molecule has 0 unspecified atom stereocenters. The molecule has 6 atom stereocenters. The number of ether oxygens (including phenoxy) is 2. The Hall–Kier alpha value is -2.77. The van der Waals surface area contributed by atoms with Crippen molar-refractivity contribution >= 4 is 17.8 Å². The number of aliphatic hydroxyl groups excluding tert-OH is 4. The Morgan fingerprint density at radius 1 is 1.13 bits per heavy atom. The Bertz CT molecular complexity index is 827. The molecule has 0 aromatic heterocycles. The molecule has 6 N–H and O–H groups in total. The summed E-state index contributed by atoms with van der Waals surface area (Å²) < 4.78 is 10.8. The van der Waals surface area contributed by atoms with Crippen LogP contribution in [0.25, 0.3) is 0 Å². The van der Waals surface area contributed by atoms with Crippen LogP contribution < -0.4 is 4.74 Å². The van der Waals surface area contributed by atoms with E-state index in [1.165, 1.54) is 25.2 Å². The molecule has 0 radical (unpaired) electrons. The van der Waals surface area contributed by atoms with Crippen molar-refractivity contribution in [1.82, 2.24) is 4.90 Å². The van der Waals surface area contributed by atoms with Gasteiger partial charge >= 0.3 is 11.9 Å². The van der Waals surface area contributed by atoms with Crippen molar-refractivity contribution in [2.75, 3.05) is 13.7 Å². The van der Waals surface area contributed by atoms with E-state index in [-0.39, 0.29) is 16.9 Å². The van der Waals surface area contributed by atoms with Crippen molar-refractivity contribution in [1.29, 1.82) is 0 Å². The molecule has 1 fully saturated rings. The number of rotatable bonds is 8. The first-order valence-corrected chi connectivity index (χ1v) is 9.28. The van der Waals surface area contributed by atoms with Crippen LogP contribution in [0.1, 0.15) is 22.8 Å². The molecule has 1 aromatic carbocycles. The Morgan fingerprint density at radius 3 is 2.29 bits per heavy atom. The van der Waals surface area contributed by atoms with E-state index in [0.29, 0.717) is 0 Å². The zero-order valence-corrected chi connectivity index (χ0v) is 16.8. The second-order valence-electron chi connectivity index (χ2n) is 7.09. The van der Waals surface area contributed by atoms with Crippen LogP contribution in [0.3, 0.4) is 0 Å². The molecule has 1 aliphatic rings. The minimum Gasteiger partial charge on any atom is -0.480 e. The monoisotopic (exact) mass is 443 g/mol. The number of carbonyl (C=O) groups excluding carboxylic acids is 1. The minimum atomic E-state index is -1.76. The van der Waals surface area contributed by atoms with E-state index in [1.807, 2.05) is 0 Å². The van der Waals surface area contributed by atoms with E-state index in [1.54, 1.807) is 0 Å². The fourth-order valence-electron chi connectivity index (χ4n) is 3.18. The summed E-state index contributed by atoms with van der Waals surface area (Å²) in [6.07, 6.45) is -8.41. The molecule has 31 heavy (non-hydrogen) atoms. The molecular weight excluding hydrogens is 418 g/mol. The molecule has 0 aliphatic carbocycles. The number of aliphatic carboxylic acids is 1. The lowest BCUT2D eigenvalue weighted by atomic mass is 9.97. The van der Waals surface area contributed by atoms with Crippen molar-refractivity contribution in [2.45, 2.75) is 50.1 Å². The van der Waals surface area contributed by atoms with Gasteiger partial charge in [-0.25, -0.2) is 9.59 Å². The van der Waals surface area contributed by atoms with Crippen LogP contribution in [-0.4, -0.2) is 104 Å². The van der Waals surface area contributed by atoms with Gasteiger partial charge in [0.2, 0.25) is 12.2 Å². The van der Waals surface area contributed by atoms with Crippen LogP contribution in [0.5, 0.6) is 5.75 Å². The summed E-state index contributed by atoms with van der Waals surface area (Å²) in [6.45, 7) is 0.460.